The lowest BCUT2D eigenvalue weighted by Gasteiger charge is -2.26. The van der Waals surface area contributed by atoms with E-state index in [0.29, 0.717) is 97.3 Å². The second kappa shape index (κ2) is 57.5. The van der Waals surface area contributed by atoms with Gasteiger partial charge in [0.15, 0.2) is 23.3 Å². The number of guanidine groups is 1. The van der Waals surface area contributed by atoms with Gasteiger partial charge in [0.1, 0.15) is 56.0 Å². The lowest BCUT2D eigenvalue weighted by molar-refractivity contribution is -0.143. The molecule has 0 saturated carbocycles. The SMILES string of the molecule is Cc1cc(O)cc(C)c1CC(CC(=O)[C@@H](CCCN=C(CC(=O)OCc1ccccc1)NC(=O)OCc1ccccc1)NC(=O)OCc1ccccc1)C(=O)N[C@@H](CCCCNC(=O)OCc1ccccc1Cl)C(=O)C[C@@H](Cc1ccccc1)C(N)=O.Cc1cc(O)cc(C)c1CC(CC(=O)[C@H](N)CCCN=C(N)N)C(=O)N[C@@H](CCCCN)C(=O)C[C@@H](Cc1ccccc1)C(N)=O. The summed E-state index contributed by atoms with van der Waals surface area (Å²) < 4.78 is 21.8. The van der Waals surface area contributed by atoms with Crippen molar-refractivity contribution in [2.45, 2.75) is 200 Å². The Hall–Kier alpha value is -13.7. The molecule has 8 rings (SSSR count). The molecule has 2 unspecified atom stereocenters. The number of primary amides is 2. The predicted octanol–water partition coefficient (Wildman–Crippen LogP) is 11.6. The Morgan fingerprint density at radius 1 is 0.398 bits per heavy atom. The predicted molar refractivity (Wildman–Crippen MR) is 508 cm³/mol. The molecule has 710 valence electrons. The average Bonchev–Trinajstić information content (AvgIpc) is 0.827. The number of aliphatic imine (C=N–C) groups is 2. The first-order valence-electron chi connectivity index (χ1n) is 44.6. The zero-order valence-corrected chi connectivity index (χ0v) is 76.7. The van der Waals surface area contributed by atoms with Crippen LogP contribution in [0.25, 0.3) is 0 Å². The largest absolute Gasteiger partial charge is 0.508 e. The van der Waals surface area contributed by atoms with Gasteiger partial charge in [-0.3, -0.25) is 58.5 Å². The highest BCUT2D eigenvalue weighted by atomic mass is 35.5. The van der Waals surface area contributed by atoms with Crippen LogP contribution in [-0.4, -0.2) is 143 Å². The number of amides is 7. The van der Waals surface area contributed by atoms with E-state index >= 15 is 4.79 Å². The summed E-state index contributed by atoms with van der Waals surface area (Å²) in [4.78, 5) is 171. The van der Waals surface area contributed by atoms with Crippen LogP contribution < -0.4 is 61.0 Å². The van der Waals surface area contributed by atoms with Crippen molar-refractivity contribution >= 4 is 94.4 Å². The second-order valence-corrected chi connectivity index (χ2v) is 33.4. The van der Waals surface area contributed by atoms with E-state index in [1.54, 1.807) is 135 Å². The van der Waals surface area contributed by atoms with Crippen LogP contribution in [0.3, 0.4) is 0 Å². The van der Waals surface area contributed by atoms with Gasteiger partial charge in [-0.25, -0.2) is 14.4 Å². The van der Waals surface area contributed by atoms with Crippen LogP contribution in [0, 0.1) is 51.4 Å². The highest BCUT2D eigenvalue weighted by Crippen LogP contribution is 2.30. The number of ether oxygens (including phenoxy) is 4. The summed E-state index contributed by atoms with van der Waals surface area (Å²) in [5.74, 6) is -8.57. The van der Waals surface area contributed by atoms with Gasteiger partial charge >= 0.3 is 24.2 Å². The molecule has 7 amide bonds. The molecule has 8 aromatic carbocycles. The van der Waals surface area contributed by atoms with Gasteiger partial charge < -0.3 is 84.8 Å². The van der Waals surface area contributed by atoms with E-state index in [1.807, 2.05) is 80.6 Å². The van der Waals surface area contributed by atoms with Crippen LogP contribution >= 0.6 is 11.6 Å². The molecule has 133 heavy (non-hydrogen) atoms. The number of aryl methyl sites for hydroxylation is 4. The summed E-state index contributed by atoms with van der Waals surface area (Å²) in [6, 6.07) is 54.2. The van der Waals surface area contributed by atoms with Gasteiger partial charge in [0, 0.05) is 79.6 Å². The molecule has 0 spiro atoms. The summed E-state index contributed by atoms with van der Waals surface area (Å²) in [6.07, 6.45) is -0.283. The number of esters is 1. The number of nitrogens with one attached hydrogen (secondary N) is 5. The molecule has 0 aliphatic rings. The van der Waals surface area contributed by atoms with Gasteiger partial charge in [-0.15, -0.1) is 0 Å². The number of halogens is 1. The molecule has 0 saturated heterocycles. The molecule has 0 heterocycles. The number of Topliss-reactive ketones (excluding diaryl/α,β-unsaturated/α-hetero) is 4. The van der Waals surface area contributed by atoms with Crippen LogP contribution in [0.1, 0.15) is 163 Å². The summed E-state index contributed by atoms with van der Waals surface area (Å²) in [5.41, 5.74) is 42.9. The third kappa shape index (κ3) is 39.9. The number of benzene rings is 8. The number of nitrogens with zero attached hydrogens (tertiary/aromatic N) is 2. The minimum absolute atomic E-state index is 0.00760. The summed E-state index contributed by atoms with van der Waals surface area (Å²) in [6.45, 7) is 7.70. The van der Waals surface area contributed by atoms with E-state index in [1.165, 1.54) is 12.1 Å². The number of ketones is 4. The van der Waals surface area contributed by atoms with Crippen LogP contribution in [0.15, 0.2) is 210 Å². The fourth-order valence-electron chi connectivity index (χ4n) is 15.0. The number of aromatic hydroxyl groups is 2. The Morgan fingerprint density at radius 2 is 0.774 bits per heavy atom. The van der Waals surface area contributed by atoms with Crippen molar-refractivity contribution in [3.63, 3.8) is 0 Å². The number of carbonyl (C=O) groups is 12. The molecular weight excluding hydrogens is 1720 g/mol. The van der Waals surface area contributed by atoms with Crippen molar-refractivity contribution < 1.29 is 86.7 Å². The van der Waals surface area contributed by atoms with Crippen molar-refractivity contribution in [3.8, 4) is 11.5 Å². The topological polar surface area (TPSA) is 523 Å². The molecule has 0 aliphatic carbocycles. The number of alkyl carbamates (subject to hydrolysis) is 3. The number of unbranched alkanes of at least 4 members (excludes halogenated alkanes) is 2. The number of rotatable bonds is 54. The van der Waals surface area contributed by atoms with Crippen molar-refractivity contribution in [1.29, 1.82) is 0 Å². The van der Waals surface area contributed by atoms with E-state index < -0.39 is 120 Å². The smallest absolute Gasteiger partial charge is 0.412 e. The maximum absolute atomic E-state index is 15.0. The first-order chi connectivity index (χ1) is 63.8. The lowest BCUT2D eigenvalue weighted by atomic mass is 9.86. The van der Waals surface area contributed by atoms with E-state index in [-0.39, 0.29) is 132 Å². The minimum atomic E-state index is -1.28. The summed E-state index contributed by atoms with van der Waals surface area (Å²) >= 11 is 6.22. The zero-order valence-electron chi connectivity index (χ0n) is 75.9. The minimum Gasteiger partial charge on any atom is -0.508 e. The maximum Gasteiger partial charge on any atom is 0.412 e. The number of hydrogen-bond donors (Lipinski definition) is 13. The Balaban J connectivity index is 0.000000441. The number of phenols is 2. The number of nitrogens with two attached hydrogens (primary N) is 6. The zero-order chi connectivity index (χ0) is 96.6. The van der Waals surface area contributed by atoms with Gasteiger partial charge in [0.2, 0.25) is 23.6 Å². The van der Waals surface area contributed by atoms with Gasteiger partial charge in [-0.1, -0.05) is 181 Å². The molecule has 8 aromatic rings. The molecule has 0 fully saturated rings. The van der Waals surface area contributed by atoms with Crippen LogP contribution in [0.2, 0.25) is 5.02 Å². The van der Waals surface area contributed by atoms with E-state index in [0.717, 1.165) is 38.9 Å². The molecule has 0 bridgehead atoms. The third-order valence-corrected chi connectivity index (χ3v) is 22.7. The standard InChI is InChI=1S/C67H75ClN6O13.C34H51N7O5/c1-45-34-54(75)35-46(2)55(45)37-53(64(80)72-57(59(76)38-52(63(69)79)36-47-20-7-3-8-21-47)30-17-18-32-71-65(81)87-44-51-28-15-16-29-56(51)68)39-60(77)58(73-66(82)85-42-49-24-11-5-12-25-49)31-19-33-70-61(40-62(78)84-41-48-22-9-4-10-23-48)74-67(83)86-43-50-26-13-6-14-27-50;1-21-15-26(42)16-22(2)27(21)18-25(20-30(43)28(36)11-8-14-40-34(38)39)33(46)41-29(12-6-7-13-35)31(44)19-24(32(37)45)17-23-9-4-3-5-10-23/h3-16,20-29,34-35,52-53,57-58,75H,17-19,30-33,36-44H2,1-2H3,(H2,69,79)(H,71,81)(H,72,80)(H,73,82)(H,70,74,83);3-5,9-10,15-16,24-25,28-29,42H,6-8,11-14,17-20,35-36H2,1-2H3,(H2,37,45)(H,41,46)(H4,38,39,40)/t52-,53?,57+,58-;24-,25?,28-,29+/m11/s1. The molecule has 0 aliphatic heterocycles. The highest BCUT2D eigenvalue weighted by Gasteiger charge is 2.36. The second-order valence-electron chi connectivity index (χ2n) is 33.0. The van der Waals surface area contributed by atoms with Crippen LogP contribution in [0.4, 0.5) is 14.4 Å². The van der Waals surface area contributed by atoms with Gasteiger partial charge in [-0.2, -0.15) is 0 Å². The summed E-state index contributed by atoms with van der Waals surface area (Å²) in [7, 11) is 0. The Kier molecular flexibility index (Phi) is 46.0. The van der Waals surface area contributed by atoms with Crippen molar-refractivity contribution in [2.24, 2.45) is 68.1 Å². The van der Waals surface area contributed by atoms with Crippen molar-refractivity contribution in [2.75, 3.05) is 26.2 Å². The Labute approximate surface area is 781 Å². The van der Waals surface area contributed by atoms with Gasteiger partial charge in [-0.05, 0) is 216 Å². The first-order valence-corrected chi connectivity index (χ1v) is 45.0. The average molecular weight is 1850 g/mol. The number of phenolic OH excluding ortho intramolecular Hbond substituents is 2. The van der Waals surface area contributed by atoms with Crippen LogP contribution in [-0.2, 0) is 114 Å². The van der Waals surface area contributed by atoms with E-state index in [4.69, 9.17) is 65.0 Å². The lowest BCUT2D eigenvalue weighted by Crippen LogP contribution is -2.47. The monoisotopic (exact) mass is 1840 g/mol. The molecule has 19 N–H and O–H groups in total. The number of carbonyl (C=O) groups excluding carboxylic acids is 12. The quantitative estimate of drug-likeness (QED) is 0.00553. The van der Waals surface area contributed by atoms with Gasteiger partial charge in [0.05, 0.1) is 24.2 Å². The highest BCUT2D eigenvalue weighted by molar-refractivity contribution is 6.31. The molecule has 8 atom stereocenters. The molecule has 31 nitrogen and oxygen atoms in total. The van der Waals surface area contributed by atoms with Gasteiger partial charge in [0.25, 0.3) is 0 Å². The van der Waals surface area contributed by atoms with Crippen LogP contribution in [0.5, 0.6) is 11.5 Å². The molecule has 32 heteroatoms. The van der Waals surface area contributed by atoms with E-state index in [2.05, 4.69) is 36.6 Å². The first kappa shape index (κ1) is 106. The Bertz CT molecular complexity index is 5080. The number of hydrogen-bond acceptors (Lipinski definition) is 22. The maximum atomic E-state index is 15.0. The molecular formula is C101H126ClN13O18. The normalized spacial score (nSPS) is 12.9. The fraction of sp³-hybridized carbons (Fsp3) is 0.386. The fourth-order valence-corrected chi connectivity index (χ4v) is 15.2. The van der Waals surface area contributed by atoms with Crippen molar-refractivity contribution in [1.82, 2.24) is 26.6 Å². The van der Waals surface area contributed by atoms with E-state index in [9.17, 15) is 63.0 Å². The number of amidine groups is 1. The Morgan fingerprint density at radius 3 is 1.22 bits per heavy atom. The molecule has 0 radical (unpaired) electrons. The molecule has 0 aromatic heterocycles. The van der Waals surface area contributed by atoms with Crippen molar-refractivity contribution in [3.05, 3.63) is 272 Å². The third-order valence-electron chi connectivity index (χ3n) is 22.4. The summed E-state index contributed by atoms with van der Waals surface area (Å²) in [5, 5.41) is 34.7.